The molecule has 140 valence electrons. The number of rotatable bonds is 6. The van der Waals surface area contributed by atoms with E-state index >= 15 is 0 Å². The molecule has 1 heterocycles. The predicted octanol–water partition coefficient (Wildman–Crippen LogP) is 4.24. The summed E-state index contributed by atoms with van der Waals surface area (Å²) < 4.78 is 16.2. The van der Waals surface area contributed by atoms with E-state index in [9.17, 15) is 9.59 Å². The van der Waals surface area contributed by atoms with E-state index in [2.05, 4.69) is 5.32 Å². The molecule has 3 aromatic rings. The van der Waals surface area contributed by atoms with Crippen LogP contribution in [0.1, 0.15) is 28.6 Å². The van der Waals surface area contributed by atoms with Gasteiger partial charge < -0.3 is 19.2 Å². The Balaban J connectivity index is 1.67. The molecular weight excluding hydrogens is 346 g/mol. The molecule has 0 aliphatic rings. The molecular formula is C21H21NO5. The Morgan fingerprint density at radius 3 is 2.67 bits per heavy atom. The van der Waals surface area contributed by atoms with E-state index in [1.807, 2.05) is 38.1 Å². The number of hydrogen-bond acceptors (Lipinski definition) is 5. The summed E-state index contributed by atoms with van der Waals surface area (Å²) in [7, 11) is 0. The Bertz CT molecular complexity index is 989. The van der Waals surface area contributed by atoms with E-state index in [0.29, 0.717) is 29.2 Å². The van der Waals surface area contributed by atoms with Gasteiger partial charge in [0.15, 0.2) is 6.61 Å². The lowest BCUT2D eigenvalue weighted by Gasteiger charge is -2.06. The van der Waals surface area contributed by atoms with Crippen LogP contribution in [0, 0.1) is 13.8 Å². The maximum absolute atomic E-state index is 12.3. The number of anilines is 1. The van der Waals surface area contributed by atoms with Crippen LogP contribution in [0.5, 0.6) is 5.75 Å². The maximum Gasteiger partial charge on any atom is 0.375 e. The summed E-state index contributed by atoms with van der Waals surface area (Å²) in [5.74, 6) is -0.309. The molecule has 0 bridgehead atoms. The van der Waals surface area contributed by atoms with Crippen LogP contribution in [0.2, 0.25) is 0 Å². The van der Waals surface area contributed by atoms with Gasteiger partial charge in [0.05, 0.1) is 6.61 Å². The smallest absolute Gasteiger partial charge is 0.375 e. The number of furan rings is 1. The van der Waals surface area contributed by atoms with Gasteiger partial charge in [0.2, 0.25) is 5.76 Å². The Morgan fingerprint density at radius 2 is 1.93 bits per heavy atom. The minimum absolute atomic E-state index is 0.0852. The highest BCUT2D eigenvalue weighted by atomic mass is 16.5. The van der Waals surface area contributed by atoms with Crippen LogP contribution < -0.4 is 10.1 Å². The summed E-state index contributed by atoms with van der Waals surface area (Å²) in [6, 6.07) is 12.7. The van der Waals surface area contributed by atoms with Crippen LogP contribution in [0.4, 0.5) is 5.69 Å². The monoisotopic (exact) mass is 367 g/mol. The number of carbonyl (C=O) groups is 2. The van der Waals surface area contributed by atoms with Gasteiger partial charge in [0.25, 0.3) is 5.91 Å². The lowest BCUT2D eigenvalue weighted by Crippen LogP contribution is -2.21. The number of nitrogens with one attached hydrogen (secondary N) is 1. The highest BCUT2D eigenvalue weighted by Crippen LogP contribution is 2.29. The number of carbonyl (C=O) groups excluding carboxylic acids is 2. The van der Waals surface area contributed by atoms with Crippen LogP contribution in [0.3, 0.4) is 0 Å². The quantitative estimate of drug-likeness (QED) is 0.659. The number of ether oxygens (including phenoxy) is 2. The van der Waals surface area contributed by atoms with Crippen molar-refractivity contribution >= 4 is 28.5 Å². The molecule has 2 aromatic carbocycles. The van der Waals surface area contributed by atoms with Gasteiger partial charge in [-0.15, -0.1) is 0 Å². The van der Waals surface area contributed by atoms with Gasteiger partial charge in [-0.3, -0.25) is 4.79 Å². The van der Waals surface area contributed by atoms with Crippen LogP contribution in [-0.2, 0) is 9.53 Å². The average molecular weight is 367 g/mol. The van der Waals surface area contributed by atoms with E-state index in [0.717, 1.165) is 10.9 Å². The fourth-order valence-electron chi connectivity index (χ4n) is 2.77. The SMILES string of the molecule is CCOc1ccc2oc(C(=O)OCC(=O)Nc3cccc(C)c3)c(C)c2c1. The Hall–Kier alpha value is -3.28. The van der Waals surface area contributed by atoms with Crippen molar-refractivity contribution in [2.75, 3.05) is 18.5 Å². The van der Waals surface area contributed by atoms with Crippen LogP contribution in [0.25, 0.3) is 11.0 Å². The van der Waals surface area contributed by atoms with Crippen molar-refractivity contribution in [2.45, 2.75) is 20.8 Å². The average Bonchev–Trinajstić information content (AvgIpc) is 2.97. The molecule has 6 heteroatoms. The highest BCUT2D eigenvalue weighted by molar-refractivity contribution is 5.98. The fourth-order valence-corrected chi connectivity index (χ4v) is 2.77. The van der Waals surface area contributed by atoms with Gasteiger partial charge in [0.1, 0.15) is 11.3 Å². The molecule has 1 amide bonds. The van der Waals surface area contributed by atoms with E-state index in [-0.39, 0.29) is 5.76 Å². The number of amides is 1. The molecule has 3 rings (SSSR count). The summed E-state index contributed by atoms with van der Waals surface area (Å²) in [5.41, 5.74) is 2.89. The van der Waals surface area contributed by atoms with E-state index in [4.69, 9.17) is 13.9 Å². The van der Waals surface area contributed by atoms with Gasteiger partial charge in [-0.25, -0.2) is 4.79 Å². The summed E-state index contributed by atoms with van der Waals surface area (Å²) in [6.45, 7) is 5.75. The van der Waals surface area contributed by atoms with E-state index in [1.54, 1.807) is 25.1 Å². The minimum atomic E-state index is -0.680. The molecule has 1 aromatic heterocycles. The third kappa shape index (κ3) is 4.28. The number of hydrogen-bond donors (Lipinski definition) is 1. The van der Waals surface area contributed by atoms with Crippen molar-refractivity contribution in [3.05, 3.63) is 59.4 Å². The first kappa shape index (κ1) is 18.5. The molecule has 1 N–H and O–H groups in total. The molecule has 6 nitrogen and oxygen atoms in total. The van der Waals surface area contributed by atoms with Gasteiger partial charge in [-0.05, 0) is 56.7 Å². The van der Waals surface area contributed by atoms with Crippen molar-refractivity contribution in [1.29, 1.82) is 0 Å². The van der Waals surface area contributed by atoms with Crippen molar-refractivity contribution in [3.8, 4) is 5.75 Å². The number of esters is 1. The first-order valence-electron chi connectivity index (χ1n) is 8.67. The Kier molecular flexibility index (Phi) is 5.45. The summed E-state index contributed by atoms with van der Waals surface area (Å²) in [6.07, 6.45) is 0. The normalized spacial score (nSPS) is 10.6. The zero-order valence-electron chi connectivity index (χ0n) is 15.5. The van der Waals surface area contributed by atoms with E-state index < -0.39 is 18.5 Å². The zero-order chi connectivity index (χ0) is 19.4. The molecule has 27 heavy (non-hydrogen) atoms. The molecule has 0 spiro atoms. The number of aryl methyl sites for hydroxylation is 2. The molecule has 0 saturated heterocycles. The first-order chi connectivity index (χ1) is 13.0. The van der Waals surface area contributed by atoms with Gasteiger partial charge in [-0.2, -0.15) is 0 Å². The Labute approximate surface area is 157 Å². The lowest BCUT2D eigenvalue weighted by molar-refractivity contribution is -0.119. The zero-order valence-corrected chi connectivity index (χ0v) is 15.5. The molecule has 0 unspecified atom stereocenters. The van der Waals surface area contributed by atoms with Crippen molar-refractivity contribution < 1.29 is 23.5 Å². The maximum atomic E-state index is 12.3. The molecule has 0 radical (unpaired) electrons. The minimum Gasteiger partial charge on any atom is -0.494 e. The van der Waals surface area contributed by atoms with Crippen LogP contribution in [-0.4, -0.2) is 25.1 Å². The lowest BCUT2D eigenvalue weighted by atomic mass is 10.1. The fraction of sp³-hybridized carbons (Fsp3) is 0.238. The van der Waals surface area contributed by atoms with Gasteiger partial charge >= 0.3 is 5.97 Å². The second kappa shape index (κ2) is 7.95. The number of fused-ring (bicyclic) bond motifs is 1. The van der Waals surface area contributed by atoms with Crippen molar-refractivity contribution in [1.82, 2.24) is 0 Å². The third-order valence-corrected chi connectivity index (χ3v) is 4.04. The molecule has 0 saturated carbocycles. The van der Waals surface area contributed by atoms with Crippen molar-refractivity contribution in [3.63, 3.8) is 0 Å². The molecule has 0 fully saturated rings. The summed E-state index contributed by atoms with van der Waals surface area (Å²) >= 11 is 0. The second-order valence-electron chi connectivity index (χ2n) is 6.14. The third-order valence-electron chi connectivity index (χ3n) is 4.04. The standard InChI is InChI=1S/C21H21NO5/c1-4-25-16-8-9-18-17(11-16)14(3)20(27-18)21(24)26-12-19(23)22-15-7-5-6-13(2)10-15/h5-11H,4,12H2,1-3H3,(H,22,23). The summed E-state index contributed by atoms with van der Waals surface area (Å²) in [5, 5.41) is 3.46. The van der Waals surface area contributed by atoms with Crippen LogP contribution >= 0.6 is 0 Å². The van der Waals surface area contributed by atoms with Gasteiger partial charge in [0, 0.05) is 16.6 Å². The topological polar surface area (TPSA) is 77.8 Å². The number of benzene rings is 2. The Morgan fingerprint density at radius 1 is 1.11 bits per heavy atom. The largest absolute Gasteiger partial charge is 0.494 e. The summed E-state index contributed by atoms with van der Waals surface area (Å²) in [4.78, 5) is 24.3. The molecule has 0 aliphatic carbocycles. The van der Waals surface area contributed by atoms with E-state index in [1.165, 1.54) is 0 Å². The molecule has 0 atom stereocenters. The second-order valence-corrected chi connectivity index (χ2v) is 6.14. The van der Waals surface area contributed by atoms with Crippen molar-refractivity contribution in [2.24, 2.45) is 0 Å². The highest BCUT2D eigenvalue weighted by Gasteiger charge is 2.20. The van der Waals surface area contributed by atoms with Gasteiger partial charge in [-0.1, -0.05) is 12.1 Å². The first-order valence-corrected chi connectivity index (χ1v) is 8.67. The van der Waals surface area contributed by atoms with Crippen LogP contribution in [0.15, 0.2) is 46.9 Å². The predicted molar refractivity (Wildman–Crippen MR) is 102 cm³/mol. The molecule has 0 aliphatic heterocycles.